The summed E-state index contributed by atoms with van der Waals surface area (Å²) in [4.78, 5) is 48.3. The van der Waals surface area contributed by atoms with Crippen LogP contribution >= 0.6 is 0 Å². The van der Waals surface area contributed by atoms with Gasteiger partial charge >= 0.3 is 18.2 Å². The summed E-state index contributed by atoms with van der Waals surface area (Å²) in [6.45, 7) is 6.72. The predicted octanol–water partition coefficient (Wildman–Crippen LogP) is 4.23. The molecule has 2 aromatic rings. The van der Waals surface area contributed by atoms with Crippen molar-refractivity contribution in [3.63, 3.8) is 0 Å². The molecular weight excluding hydrogens is 502 g/mol. The zero-order chi connectivity index (χ0) is 28.4. The molecule has 39 heavy (non-hydrogen) atoms. The van der Waals surface area contributed by atoms with Crippen molar-refractivity contribution in [3.8, 4) is 11.1 Å². The van der Waals surface area contributed by atoms with Crippen molar-refractivity contribution in [2.75, 3.05) is 19.9 Å². The number of benzene rings is 2. The van der Waals surface area contributed by atoms with Crippen LogP contribution in [-0.2, 0) is 23.8 Å². The third kappa shape index (κ3) is 9.01. The number of ether oxygens (including phenoxy) is 3. The number of carbonyl (C=O) groups excluding carboxylic acids is 4. The van der Waals surface area contributed by atoms with E-state index in [2.05, 4.69) is 28.1 Å². The van der Waals surface area contributed by atoms with E-state index in [1.54, 1.807) is 20.8 Å². The molecule has 0 unspecified atom stereocenters. The maximum absolute atomic E-state index is 12.8. The Labute approximate surface area is 228 Å². The second-order valence-electron chi connectivity index (χ2n) is 10.3. The van der Waals surface area contributed by atoms with Crippen LogP contribution < -0.4 is 16.0 Å². The molecule has 0 aromatic heterocycles. The summed E-state index contributed by atoms with van der Waals surface area (Å²) in [6.07, 6.45) is 0.114. The highest BCUT2D eigenvalue weighted by Gasteiger charge is 2.29. The van der Waals surface area contributed by atoms with Gasteiger partial charge in [0.25, 0.3) is 0 Å². The predicted molar refractivity (Wildman–Crippen MR) is 145 cm³/mol. The lowest BCUT2D eigenvalue weighted by Crippen LogP contribution is -2.47. The molecule has 0 fully saturated rings. The Bertz CT molecular complexity index is 1130. The van der Waals surface area contributed by atoms with Crippen molar-refractivity contribution >= 4 is 24.1 Å². The Kier molecular flexibility index (Phi) is 10.3. The summed E-state index contributed by atoms with van der Waals surface area (Å²) in [6, 6.07) is 15.1. The van der Waals surface area contributed by atoms with Crippen molar-refractivity contribution in [2.24, 2.45) is 0 Å². The van der Waals surface area contributed by atoms with Crippen LogP contribution in [0.25, 0.3) is 11.1 Å². The molecule has 0 saturated carbocycles. The lowest BCUT2D eigenvalue weighted by Gasteiger charge is -2.20. The van der Waals surface area contributed by atoms with Gasteiger partial charge in [-0.15, -0.1) is 0 Å². The SMILES string of the molecule is CC(=O)OCNC(=O)[C@H](CCCCNC(=O)OC(C)(C)C)NC(=O)OCC1c2ccccc2-c2ccccc21. The molecule has 3 N–H and O–H groups in total. The Morgan fingerprint density at radius 1 is 0.846 bits per heavy atom. The van der Waals surface area contributed by atoms with Crippen molar-refractivity contribution < 1.29 is 33.4 Å². The fourth-order valence-corrected chi connectivity index (χ4v) is 4.36. The number of alkyl carbamates (subject to hydrolysis) is 2. The minimum atomic E-state index is -0.919. The first-order chi connectivity index (χ1) is 18.5. The van der Waals surface area contributed by atoms with E-state index < -0.39 is 35.7 Å². The molecule has 10 heteroatoms. The third-order valence-electron chi connectivity index (χ3n) is 6.06. The molecule has 210 valence electrons. The van der Waals surface area contributed by atoms with E-state index in [9.17, 15) is 19.2 Å². The third-order valence-corrected chi connectivity index (χ3v) is 6.06. The van der Waals surface area contributed by atoms with E-state index >= 15 is 0 Å². The van der Waals surface area contributed by atoms with Crippen molar-refractivity contribution in [2.45, 2.75) is 64.5 Å². The number of hydrogen-bond acceptors (Lipinski definition) is 7. The summed E-state index contributed by atoms with van der Waals surface area (Å²) in [5, 5.41) is 7.78. The van der Waals surface area contributed by atoms with E-state index in [-0.39, 0.29) is 25.7 Å². The van der Waals surface area contributed by atoms with Crippen LogP contribution in [0.4, 0.5) is 9.59 Å². The van der Waals surface area contributed by atoms with Crippen LogP contribution in [0.3, 0.4) is 0 Å². The summed E-state index contributed by atoms with van der Waals surface area (Å²) >= 11 is 0. The largest absolute Gasteiger partial charge is 0.449 e. The fourth-order valence-electron chi connectivity index (χ4n) is 4.36. The van der Waals surface area contributed by atoms with Crippen LogP contribution in [0, 0.1) is 0 Å². The molecule has 0 aliphatic heterocycles. The van der Waals surface area contributed by atoms with Gasteiger partial charge in [0, 0.05) is 19.4 Å². The van der Waals surface area contributed by atoms with E-state index in [0.29, 0.717) is 19.4 Å². The van der Waals surface area contributed by atoms with Gasteiger partial charge in [-0.3, -0.25) is 9.59 Å². The van der Waals surface area contributed by atoms with Crippen molar-refractivity contribution in [1.82, 2.24) is 16.0 Å². The zero-order valence-corrected chi connectivity index (χ0v) is 22.9. The number of hydrogen-bond donors (Lipinski definition) is 3. The first-order valence-electron chi connectivity index (χ1n) is 13.0. The van der Waals surface area contributed by atoms with Gasteiger partial charge in [-0.25, -0.2) is 9.59 Å². The molecule has 0 radical (unpaired) electrons. The first-order valence-corrected chi connectivity index (χ1v) is 13.0. The summed E-state index contributed by atoms with van der Waals surface area (Å²) < 4.78 is 15.6. The lowest BCUT2D eigenvalue weighted by atomic mass is 9.98. The molecule has 2 aromatic carbocycles. The number of carbonyl (C=O) groups is 4. The number of fused-ring (bicyclic) bond motifs is 3. The molecule has 1 atom stereocenters. The highest BCUT2D eigenvalue weighted by Crippen LogP contribution is 2.44. The number of nitrogens with one attached hydrogen (secondary N) is 3. The molecule has 0 spiro atoms. The molecule has 0 saturated heterocycles. The monoisotopic (exact) mass is 539 g/mol. The highest BCUT2D eigenvalue weighted by atomic mass is 16.6. The number of esters is 1. The Hall–Kier alpha value is -4.08. The average Bonchev–Trinajstić information content (AvgIpc) is 3.19. The standard InChI is InChI=1S/C29H37N3O7/c1-19(33)38-18-31-26(34)25(15-9-10-16-30-27(35)39-29(2,3)4)32-28(36)37-17-24-22-13-7-5-11-20(22)21-12-6-8-14-23(21)24/h5-8,11-14,24-25H,9-10,15-18H2,1-4H3,(H,30,35)(H,31,34)(H,32,36)/t25-/m0/s1. The number of rotatable bonds is 11. The molecule has 1 aliphatic carbocycles. The second-order valence-corrected chi connectivity index (χ2v) is 10.3. The number of amides is 3. The average molecular weight is 540 g/mol. The van der Waals surface area contributed by atoms with Gasteiger partial charge in [0.05, 0.1) is 0 Å². The zero-order valence-electron chi connectivity index (χ0n) is 22.9. The van der Waals surface area contributed by atoms with Crippen LogP contribution in [0.15, 0.2) is 48.5 Å². The molecule has 0 bridgehead atoms. The van der Waals surface area contributed by atoms with Crippen molar-refractivity contribution in [3.05, 3.63) is 59.7 Å². The molecular formula is C29H37N3O7. The minimum absolute atomic E-state index is 0.113. The van der Waals surface area contributed by atoms with Gasteiger partial charge in [0.2, 0.25) is 5.91 Å². The van der Waals surface area contributed by atoms with Crippen LogP contribution in [0.2, 0.25) is 0 Å². The lowest BCUT2D eigenvalue weighted by molar-refractivity contribution is -0.143. The van der Waals surface area contributed by atoms with Crippen LogP contribution in [-0.4, -0.2) is 55.6 Å². The number of unbranched alkanes of at least 4 members (excludes halogenated alkanes) is 1. The summed E-state index contributed by atoms with van der Waals surface area (Å²) in [5.74, 6) is -1.16. The van der Waals surface area contributed by atoms with Crippen molar-refractivity contribution in [1.29, 1.82) is 0 Å². The maximum Gasteiger partial charge on any atom is 0.407 e. The Morgan fingerprint density at radius 2 is 1.46 bits per heavy atom. The summed E-state index contributed by atoms with van der Waals surface area (Å²) in [7, 11) is 0. The van der Waals surface area contributed by atoms with Gasteiger partial charge in [-0.1, -0.05) is 48.5 Å². The molecule has 3 amide bonds. The summed E-state index contributed by atoms with van der Waals surface area (Å²) in [5.41, 5.74) is 3.80. The molecule has 1 aliphatic rings. The van der Waals surface area contributed by atoms with Gasteiger partial charge in [-0.05, 0) is 62.3 Å². The Morgan fingerprint density at radius 3 is 2.05 bits per heavy atom. The van der Waals surface area contributed by atoms with Gasteiger partial charge < -0.3 is 30.2 Å². The molecule has 10 nitrogen and oxygen atoms in total. The topological polar surface area (TPSA) is 132 Å². The normalized spacial score (nSPS) is 12.9. The maximum atomic E-state index is 12.8. The quantitative estimate of drug-likeness (QED) is 0.169. The van der Waals surface area contributed by atoms with E-state index in [1.807, 2.05) is 36.4 Å². The fraction of sp³-hybridized carbons (Fsp3) is 0.448. The van der Waals surface area contributed by atoms with Crippen LogP contribution in [0.1, 0.15) is 64.0 Å². The van der Waals surface area contributed by atoms with Gasteiger partial charge in [0.15, 0.2) is 6.73 Å². The smallest absolute Gasteiger partial charge is 0.407 e. The Balaban J connectivity index is 1.54. The molecule has 3 rings (SSSR count). The second kappa shape index (κ2) is 13.6. The minimum Gasteiger partial charge on any atom is -0.449 e. The highest BCUT2D eigenvalue weighted by molar-refractivity contribution is 5.85. The van der Waals surface area contributed by atoms with E-state index in [1.165, 1.54) is 6.92 Å². The van der Waals surface area contributed by atoms with E-state index in [4.69, 9.17) is 14.2 Å². The van der Waals surface area contributed by atoms with Gasteiger partial charge in [0.1, 0.15) is 18.2 Å². The van der Waals surface area contributed by atoms with Gasteiger partial charge in [-0.2, -0.15) is 0 Å². The molecule has 0 heterocycles. The first kappa shape index (κ1) is 29.5. The van der Waals surface area contributed by atoms with Crippen LogP contribution in [0.5, 0.6) is 0 Å². The van der Waals surface area contributed by atoms with E-state index in [0.717, 1.165) is 22.3 Å².